The van der Waals surface area contributed by atoms with Gasteiger partial charge in [-0.2, -0.15) is 4.98 Å². The van der Waals surface area contributed by atoms with Gasteiger partial charge in [0.05, 0.1) is 11.8 Å². The average molecular weight is 591 g/mol. The maximum atomic E-state index is 13.7. The first-order valence-electron chi connectivity index (χ1n) is 14.6. The van der Waals surface area contributed by atoms with Crippen molar-refractivity contribution in [3.8, 4) is 0 Å². The number of nitrogens with one attached hydrogen (secondary N) is 3. The first kappa shape index (κ1) is 32.6. The van der Waals surface area contributed by atoms with Crippen molar-refractivity contribution >= 4 is 40.6 Å². The number of hydrogen-bond donors (Lipinski definition) is 3. The lowest BCUT2D eigenvalue weighted by atomic mass is 9.94. The number of amides is 1. The fourth-order valence-corrected chi connectivity index (χ4v) is 4.72. The number of anilines is 1. The third-order valence-corrected chi connectivity index (χ3v) is 7.26. The Kier molecular flexibility index (Phi) is 11.9. The van der Waals surface area contributed by atoms with E-state index in [0.717, 1.165) is 29.5 Å². The molecule has 3 aromatic rings. The van der Waals surface area contributed by atoms with Gasteiger partial charge in [0.1, 0.15) is 11.6 Å². The second kappa shape index (κ2) is 15.4. The quantitative estimate of drug-likeness (QED) is 0.218. The fraction of sp³-hybridized carbons (Fsp3) is 0.394. The van der Waals surface area contributed by atoms with Gasteiger partial charge in [0.15, 0.2) is 5.58 Å². The molecule has 0 spiro atoms. The Morgan fingerprint density at radius 2 is 1.98 bits per heavy atom. The SMILES string of the molecule is CC.CC/C(C)=C/C(=C\C(C)CC)CNC(=O)C1=C(C)NC(Nc2nc3cnccc3o2)=NC1c1ccc(C)cc1Cl. The molecular weight excluding hydrogens is 548 g/mol. The summed E-state index contributed by atoms with van der Waals surface area (Å²) >= 11 is 6.70. The Morgan fingerprint density at radius 1 is 1.21 bits per heavy atom. The van der Waals surface area contributed by atoms with Crippen LogP contribution in [0.4, 0.5) is 6.01 Å². The number of fused-ring (bicyclic) bond motifs is 1. The van der Waals surface area contributed by atoms with E-state index < -0.39 is 6.04 Å². The lowest BCUT2D eigenvalue weighted by Gasteiger charge is -2.27. The van der Waals surface area contributed by atoms with Crippen LogP contribution in [-0.4, -0.2) is 28.4 Å². The maximum absolute atomic E-state index is 13.7. The molecule has 8 nitrogen and oxygen atoms in total. The molecule has 0 saturated heterocycles. The number of aromatic nitrogens is 2. The van der Waals surface area contributed by atoms with Crippen LogP contribution in [0.25, 0.3) is 11.1 Å². The van der Waals surface area contributed by atoms with Crippen LogP contribution >= 0.6 is 11.6 Å². The zero-order chi connectivity index (χ0) is 30.8. The fourth-order valence-electron chi connectivity index (χ4n) is 4.39. The topological polar surface area (TPSA) is 104 Å². The Balaban J connectivity index is 0.00000237. The van der Waals surface area contributed by atoms with Crippen molar-refractivity contribution in [1.29, 1.82) is 0 Å². The first-order valence-corrected chi connectivity index (χ1v) is 15.0. The van der Waals surface area contributed by atoms with Gasteiger partial charge in [0.25, 0.3) is 5.91 Å². The van der Waals surface area contributed by atoms with Crippen molar-refractivity contribution in [2.75, 3.05) is 11.9 Å². The highest BCUT2D eigenvalue weighted by Crippen LogP contribution is 2.35. The summed E-state index contributed by atoms with van der Waals surface area (Å²) in [5.41, 5.74) is 6.49. The molecule has 1 aliphatic rings. The summed E-state index contributed by atoms with van der Waals surface area (Å²) < 4.78 is 5.79. The Morgan fingerprint density at radius 3 is 2.64 bits per heavy atom. The summed E-state index contributed by atoms with van der Waals surface area (Å²) in [4.78, 5) is 27.1. The van der Waals surface area contributed by atoms with Crippen LogP contribution in [0.2, 0.25) is 5.02 Å². The van der Waals surface area contributed by atoms with Crippen LogP contribution in [0.5, 0.6) is 0 Å². The van der Waals surface area contributed by atoms with E-state index in [2.05, 4.69) is 65.8 Å². The van der Waals surface area contributed by atoms with Gasteiger partial charge >= 0.3 is 6.01 Å². The highest BCUT2D eigenvalue weighted by molar-refractivity contribution is 6.31. The van der Waals surface area contributed by atoms with E-state index in [1.807, 2.05) is 45.9 Å². The lowest BCUT2D eigenvalue weighted by Crippen LogP contribution is -2.39. The van der Waals surface area contributed by atoms with E-state index in [0.29, 0.717) is 45.8 Å². The number of hydrogen-bond acceptors (Lipinski definition) is 7. The number of aryl methyl sites for hydroxylation is 1. The molecule has 2 atom stereocenters. The van der Waals surface area contributed by atoms with Crippen LogP contribution in [-0.2, 0) is 4.79 Å². The number of aliphatic imine (C=N–C) groups is 1. The van der Waals surface area contributed by atoms with Crippen molar-refractivity contribution < 1.29 is 9.21 Å². The molecule has 0 radical (unpaired) electrons. The van der Waals surface area contributed by atoms with E-state index in [1.54, 1.807) is 18.5 Å². The maximum Gasteiger partial charge on any atom is 0.302 e. The number of benzene rings is 1. The monoisotopic (exact) mass is 590 g/mol. The minimum atomic E-state index is -0.641. The summed E-state index contributed by atoms with van der Waals surface area (Å²) in [5, 5.41) is 9.99. The van der Waals surface area contributed by atoms with E-state index in [-0.39, 0.29) is 11.9 Å². The number of allylic oxidation sites excluding steroid dienone is 3. The van der Waals surface area contributed by atoms with Crippen LogP contribution in [0, 0.1) is 12.8 Å². The van der Waals surface area contributed by atoms with Gasteiger partial charge in [-0.1, -0.05) is 82.5 Å². The van der Waals surface area contributed by atoms with Gasteiger partial charge in [0, 0.05) is 35.1 Å². The molecule has 1 amide bonds. The number of halogens is 1. The van der Waals surface area contributed by atoms with Crippen molar-refractivity contribution in [3.05, 3.63) is 87.4 Å². The van der Waals surface area contributed by atoms with Gasteiger partial charge in [0.2, 0.25) is 5.96 Å². The number of nitrogens with zero attached hydrogens (tertiary/aromatic N) is 3. The number of rotatable bonds is 9. The molecule has 224 valence electrons. The number of carbonyl (C=O) groups is 1. The molecule has 42 heavy (non-hydrogen) atoms. The predicted octanol–water partition coefficient (Wildman–Crippen LogP) is 8.04. The van der Waals surface area contributed by atoms with Crippen LogP contribution in [0.3, 0.4) is 0 Å². The molecular formula is C33H43ClN6O2. The molecule has 1 aromatic carbocycles. The molecule has 0 fully saturated rings. The molecule has 9 heteroatoms. The van der Waals surface area contributed by atoms with Crippen LogP contribution < -0.4 is 16.0 Å². The number of oxazole rings is 1. The third-order valence-electron chi connectivity index (χ3n) is 6.94. The standard InChI is InChI=1S/C31H37ClN6O2.C2H6/c1-7-18(3)13-22(14-19(4)8-2)16-34-29(39)27-21(6)35-30(37-28(27)23-10-9-20(5)15-24(23)32)38-31-36-25-17-33-12-11-26(25)40-31;1-2/h9-15,17-18,28H,7-8,16H2,1-6H3,(H,34,39)(H2,35,36,37,38);1-2H3/b19-14+,22-13+;. The molecule has 0 bridgehead atoms. The largest absolute Gasteiger partial charge is 0.423 e. The van der Waals surface area contributed by atoms with E-state index in [1.165, 1.54) is 5.57 Å². The minimum Gasteiger partial charge on any atom is -0.423 e. The Bertz CT molecular complexity index is 1480. The van der Waals surface area contributed by atoms with Gasteiger partial charge in [-0.25, -0.2) is 4.99 Å². The Labute approximate surface area is 254 Å². The van der Waals surface area contributed by atoms with Gasteiger partial charge in [-0.3, -0.25) is 15.1 Å². The van der Waals surface area contributed by atoms with Crippen LogP contribution in [0.15, 0.2) is 80.6 Å². The van der Waals surface area contributed by atoms with Crippen molar-refractivity contribution in [2.45, 2.75) is 74.3 Å². The summed E-state index contributed by atoms with van der Waals surface area (Å²) in [6.45, 7) is 16.8. The van der Waals surface area contributed by atoms with Crippen molar-refractivity contribution in [2.24, 2.45) is 10.9 Å². The molecule has 2 aromatic heterocycles. The first-order chi connectivity index (χ1) is 20.2. The van der Waals surface area contributed by atoms with Gasteiger partial charge < -0.3 is 15.1 Å². The summed E-state index contributed by atoms with van der Waals surface area (Å²) in [6.07, 6.45) is 9.64. The van der Waals surface area contributed by atoms with Gasteiger partial charge in [-0.15, -0.1) is 0 Å². The lowest BCUT2D eigenvalue weighted by molar-refractivity contribution is -0.117. The van der Waals surface area contributed by atoms with Crippen molar-refractivity contribution in [3.63, 3.8) is 0 Å². The normalized spacial score (nSPS) is 16.3. The average Bonchev–Trinajstić information content (AvgIpc) is 3.38. The predicted molar refractivity (Wildman–Crippen MR) is 174 cm³/mol. The molecule has 3 N–H and O–H groups in total. The summed E-state index contributed by atoms with van der Waals surface area (Å²) in [5.74, 6) is 0.596. The zero-order valence-electron chi connectivity index (χ0n) is 25.9. The zero-order valence-corrected chi connectivity index (χ0v) is 26.7. The molecule has 4 rings (SSSR count). The van der Waals surface area contributed by atoms with Gasteiger partial charge in [-0.05, 0) is 50.3 Å². The number of guanidine groups is 1. The number of carbonyl (C=O) groups excluding carboxylic acids is 1. The minimum absolute atomic E-state index is 0.208. The van der Waals surface area contributed by atoms with Crippen LogP contribution in [0.1, 0.15) is 78.5 Å². The van der Waals surface area contributed by atoms with E-state index in [9.17, 15) is 4.79 Å². The molecule has 1 aliphatic heterocycles. The summed E-state index contributed by atoms with van der Waals surface area (Å²) in [7, 11) is 0. The van der Waals surface area contributed by atoms with E-state index >= 15 is 0 Å². The summed E-state index contributed by atoms with van der Waals surface area (Å²) in [6, 6.07) is 7.14. The second-order valence-corrected chi connectivity index (χ2v) is 10.6. The molecule has 0 aliphatic carbocycles. The van der Waals surface area contributed by atoms with Crippen molar-refractivity contribution in [1.82, 2.24) is 20.6 Å². The smallest absolute Gasteiger partial charge is 0.302 e. The second-order valence-electron chi connectivity index (χ2n) is 10.2. The highest BCUT2D eigenvalue weighted by atomic mass is 35.5. The molecule has 3 heterocycles. The number of pyridine rings is 1. The van der Waals surface area contributed by atoms with E-state index in [4.69, 9.17) is 21.0 Å². The Hall–Kier alpha value is -3.91. The molecule has 0 saturated carbocycles. The third kappa shape index (κ3) is 8.32. The highest BCUT2D eigenvalue weighted by Gasteiger charge is 2.31. The molecule has 2 unspecified atom stereocenters.